The Morgan fingerprint density at radius 3 is 2.13 bits per heavy atom. The van der Waals surface area contributed by atoms with E-state index in [-0.39, 0.29) is 30.7 Å². The van der Waals surface area contributed by atoms with Crippen LogP contribution in [0.25, 0.3) is 0 Å². The lowest BCUT2D eigenvalue weighted by Gasteiger charge is -2.36. The van der Waals surface area contributed by atoms with Crippen molar-refractivity contribution in [1.29, 1.82) is 0 Å². The minimum atomic E-state index is -0.622. The Hall–Kier alpha value is -2.90. The molecule has 1 heterocycles. The zero-order valence-corrected chi connectivity index (χ0v) is 23.6. The van der Waals surface area contributed by atoms with Crippen LogP contribution in [0.4, 0.5) is 4.79 Å². The number of nitrogens with two attached hydrogens (primary N) is 1. The Bertz CT molecular complexity index is 1000. The highest BCUT2D eigenvalue weighted by Gasteiger charge is 2.49. The van der Waals surface area contributed by atoms with Crippen molar-refractivity contribution in [3.8, 4) is 0 Å². The first-order chi connectivity index (χ1) is 18.1. The van der Waals surface area contributed by atoms with Gasteiger partial charge < -0.3 is 20.5 Å². The fourth-order valence-electron chi connectivity index (χ4n) is 5.32. The molecule has 0 unspecified atom stereocenters. The summed E-state index contributed by atoms with van der Waals surface area (Å²) in [4.78, 5) is 28.5. The van der Waals surface area contributed by atoms with E-state index in [1.807, 2.05) is 81.4 Å². The van der Waals surface area contributed by atoms with Crippen molar-refractivity contribution in [3.63, 3.8) is 0 Å². The SMILES string of the molecule is CCC(CC)C[C@H](N)[C@H]1[C@H](NC(=O)OCc2ccccc2)C[C@H](C(=O)OC(C)(C)C)N1Cc1ccccc1. The van der Waals surface area contributed by atoms with Crippen LogP contribution in [-0.2, 0) is 27.4 Å². The molecular formula is C31H45N3O4. The molecule has 0 bridgehead atoms. The molecule has 1 saturated heterocycles. The smallest absolute Gasteiger partial charge is 0.407 e. The maximum Gasteiger partial charge on any atom is 0.407 e. The molecule has 0 aromatic heterocycles. The van der Waals surface area contributed by atoms with Gasteiger partial charge in [-0.3, -0.25) is 9.69 Å². The lowest BCUT2D eigenvalue weighted by Crippen LogP contribution is -2.55. The van der Waals surface area contributed by atoms with E-state index in [4.69, 9.17) is 15.2 Å². The van der Waals surface area contributed by atoms with E-state index in [0.717, 1.165) is 30.4 Å². The molecule has 3 N–H and O–H groups in total. The van der Waals surface area contributed by atoms with E-state index in [1.165, 1.54) is 0 Å². The van der Waals surface area contributed by atoms with Crippen molar-refractivity contribution in [2.75, 3.05) is 0 Å². The number of carbonyl (C=O) groups excluding carboxylic acids is 2. The molecule has 0 spiro atoms. The average Bonchev–Trinajstić information content (AvgIpc) is 3.23. The molecular weight excluding hydrogens is 478 g/mol. The first-order valence-corrected chi connectivity index (χ1v) is 13.9. The number of rotatable bonds is 11. The first-order valence-electron chi connectivity index (χ1n) is 13.9. The molecule has 0 saturated carbocycles. The van der Waals surface area contributed by atoms with Gasteiger partial charge in [-0.2, -0.15) is 0 Å². The van der Waals surface area contributed by atoms with Gasteiger partial charge in [0.1, 0.15) is 18.2 Å². The number of nitrogens with zero attached hydrogens (tertiary/aromatic N) is 1. The van der Waals surface area contributed by atoms with Crippen LogP contribution in [0, 0.1) is 5.92 Å². The number of carbonyl (C=O) groups is 2. The number of likely N-dealkylation sites (tertiary alicyclic amines) is 1. The van der Waals surface area contributed by atoms with Gasteiger partial charge in [-0.05, 0) is 50.7 Å². The lowest BCUT2D eigenvalue weighted by atomic mass is 9.89. The summed E-state index contributed by atoms with van der Waals surface area (Å²) < 4.78 is 11.4. The highest BCUT2D eigenvalue weighted by molar-refractivity contribution is 5.77. The Kier molecular flexibility index (Phi) is 10.7. The zero-order valence-electron chi connectivity index (χ0n) is 23.6. The molecule has 208 valence electrons. The van der Waals surface area contributed by atoms with Crippen LogP contribution in [0.2, 0.25) is 0 Å². The fourth-order valence-corrected chi connectivity index (χ4v) is 5.32. The predicted molar refractivity (Wildman–Crippen MR) is 150 cm³/mol. The van der Waals surface area contributed by atoms with E-state index in [2.05, 4.69) is 24.1 Å². The summed E-state index contributed by atoms with van der Waals surface area (Å²) in [5.74, 6) is 0.171. The molecule has 4 atom stereocenters. The minimum absolute atomic E-state index is 0.174. The van der Waals surface area contributed by atoms with Crippen LogP contribution < -0.4 is 11.1 Å². The molecule has 1 aliphatic heterocycles. The summed E-state index contributed by atoms with van der Waals surface area (Å²) in [6.07, 6.45) is 2.76. The second-order valence-corrected chi connectivity index (χ2v) is 11.3. The van der Waals surface area contributed by atoms with Crippen LogP contribution >= 0.6 is 0 Å². The van der Waals surface area contributed by atoms with Crippen molar-refractivity contribution in [2.45, 2.75) is 103 Å². The lowest BCUT2D eigenvalue weighted by molar-refractivity contribution is -0.161. The summed E-state index contributed by atoms with van der Waals surface area (Å²) in [5.41, 5.74) is 8.28. The Balaban J connectivity index is 1.87. The molecule has 3 rings (SSSR count). The van der Waals surface area contributed by atoms with Crippen molar-refractivity contribution in [2.24, 2.45) is 11.7 Å². The van der Waals surface area contributed by atoms with Gasteiger partial charge in [0.15, 0.2) is 0 Å². The van der Waals surface area contributed by atoms with Gasteiger partial charge >= 0.3 is 12.1 Å². The molecule has 7 heteroatoms. The number of alkyl carbamates (subject to hydrolysis) is 1. The zero-order chi connectivity index (χ0) is 27.7. The Morgan fingerprint density at radius 1 is 1.00 bits per heavy atom. The average molecular weight is 524 g/mol. The molecule has 1 aliphatic rings. The monoisotopic (exact) mass is 523 g/mol. The van der Waals surface area contributed by atoms with Gasteiger partial charge in [0.25, 0.3) is 0 Å². The number of hydrogen-bond donors (Lipinski definition) is 2. The normalized spacial score (nSPS) is 20.8. The molecule has 0 aliphatic carbocycles. The van der Waals surface area contributed by atoms with Crippen molar-refractivity contribution >= 4 is 12.1 Å². The number of benzene rings is 2. The summed E-state index contributed by atoms with van der Waals surface area (Å²) in [7, 11) is 0. The molecule has 2 aromatic rings. The summed E-state index contributed by atoms with van der Waals surface area (Å²) in [6, 6.07) is 18.2. The van der Waals surface area contributed by atoms with E-state index >= 15 is 0 Å². The first kappa shape index (κ1) is 29.7. The van der Waals surface area contributed by atoms with Gasteiger partial charge in [0, 0.05) is 18.6 Å². The summed E-state index contributed by atoms with van der Waals surface area (Å²) in [5, 5.41) is 3.06. The van der Waals surface area contributed by atoms with Gasteiger partial charge in [0.2, 0.25) is 0 Å². The maximum absolute atomic E-state index is 13.5. The highest BCUT2D eigenvalue weighted by atomic mass is 16.6. The van der Waals surface area contributed by atoms with Gasteiger partial charge in [-0.1, -0.05) is 87.4 Å². The fraction of sp³-hybridized carbons (Fsp3) is 0.548. The number of ether oxygens (including phenoxy) is 2. The molecule has 1 amide bonds. The van der Waals surface area contributed by atoms with Gasteiger partial charge in [-0.15, -0.1) is 0 Å². The Labute approximate surface area is 228 Å². The van der Waals surface area contributed by atoms with Crippen molar-refractivity contribution in [3.05, 3.63) is 71.8 Å². The van der Waals surface area contributed by atoms with Crippen LogP contribution in [0.15, 0.2) is 60.7 Å². The Morgan fingerprint density at radius 2 is 1.58 bits per heavy atom. The van der Waals surface area contributed by atoms with Crippen molar-refractivity contribution in [1.82, 2.24) is 10.2 Å². The van der Waals surface area contributed by atoms with Gasteiger partial charge in [-0.25, -0.2) is 4.79 Å². The number of amides is 1. The molecule has 1 fully saturated rings. The van der Waals surface area contributed by atoms with Gasteiger partial charge in [0.05, 0.1) is 6.04 Å². The highest BCUT2D eigenvalue weighted by Crippen LogP contribution is 2.33. The second-order valence-electron chi connectivity index (χ2n) is 11.3. The minimum Gasteiger partial charge on any atom is -0.459 e. The molecule has 2 aromatic carbocycles. The molecule has 0 radical (unpaired) electrons. The standard InChI is InChI=1S/C31H45N3O4/c1-6-22(7-2)18-25(32)28-26(33-30(36)37-21-24-16-12-9-13-17-24)19-27(29(35)38-31(3,4)5)34(28)20-23-14-10-8-11-15-23/h8-17,22,25-28H,6-7,18-21,32H2,1-5H3,(H,33,36)/t25-,26+,27+,28-/m0/s1. The molecule has 7 nitrogen and oxygen atoms in total. The topological polar surface area (TPSA) is 93.9 Å². The third-order valence-electron chi connectivity index (χ3n) is 7.27. The van der Waals surface area contributed by atoms with E-state index in [1.54, 1.807) is 0 Å². The third kappa shape index (κ3) is 8.57. The van der Waals surface area contributed by atoms with Crippen LogP contribution in [0.1, 0.15) is 71.4 Å². The van der Waals surface area contributed by atoms with Crippen molar-refractivity contribution < 1.29 is 19.1 Å². The second kappa shape index (κ2) is 13.8. The largest absolute Gasteiger partial charge is 0.459 e. The number of esters is 1. The predicted octanol–water partition coefficient (Wildman–Crippen LogP) is 5.42. The summed E-state index contributed by atoms with van der Waals surface area (Å²) in [6.45, 7) is 10.7. The quantitative estimate of drug-likeness (QED) is 0.382. The van der Waals surface area contributed by atoms with E-state index in [9.17, 15) is 9.59 Å². The van der Waals surface area contributed by atoms with E-state index in [0.29, 0.717) is 18.9 Å². The van der Waals surface area contributed by atoms with Crippen LogP contribution in [-0.4, -0.2) is 46.7 Å². The molecule has 38 heavy (non-hydrogen) atoms. The van der Waals surface area contributed by atoms with Crippen LogP contribution in [0.3, 0.4) is 0 Å². The van der Waals surface area contributed by atoms with E-state index < -0.39 is 17.7 Å². The summed E-state index contributed by atoms with van der Waals surface area (Å²) >= 11 is 0. The maximum atomic E-state index is 13.5. The number of hydrogen-bond acceptors (Lipinski definition) is 6. The third-order valence-corrected chi connectivity index (χ3v) is 7.27. The number of nitrogens with one attached hydrogen (secondary N) is 1. The van der Waals surface area contributed by atoms with Crippen LogP contribution in [0.5, 0.6) is 0 Å².